The predicted molar refractivity (Wildman–Crippen MR) is 39.1 cm³/mol. The highest BCUT2D eigenvalue weighted by molar-refractivity contribution is 4.55. The average molecular weight is 131 g/mol. The van der Waals surface area contributed by atoms with Crippen molar-refractivity contribution in [3.05, 3.63) is 0 Å². The second-order valence-electron chi connectivity index (χ2n) is 2.77. The molecule has 0 fully saturated rings. The van der Waals surface area contributed by atoms with Gasteiger partial charge in [0.2, 0.25) is 0 Å². The minimum atomic E-state index is -0.168. The van der Waals surface area contributed by atoms with E-state index in [0.29, 0.717) is 5.92 Å². The van der Waals surface area contributed by atoms with Crippen LogP contribution in [-0.4, -0.2) is 17.8 Å². The van der Waals surface area contributed by atoms with Crippen molar-refractivity contribution in [1.29, 1.82) is 0 Å². The third-order valence-corrected chi connectivity index (χ3v) is 1.48. The van der Waals surface area contributed by atoms with Crippen molar-refractivity contribution in [2.75, 3.05) is 6.54 Å². The third kappa shape index (κ3) is 5.80. The zero-order valence-corrected chi connectivity index (χ0v) is 6.30. The fourth-order valence-electron chi connectivity index (χ4n) is 0.644. The molecule has 0 aliphatic heterocycles. The molecule has 0 heterocycles. The van der Waals surface area contributed by atoms with Gasteiger partial charge in [-0.15, -0.1) is 0 Å². The SMILES string of the molecule is CC(O)CCC(C)CN. The van der Waals surface area contributed by atoms with E-state index in [2.05, 4.69) is 6.92 Å². The lowest BCUT2D eigenvalue weighted by atomic mass is 10.0. The molecule has 0 radical (unpaired) electrons. The lowest BCUT2D eigenvalue weighted by Gasteiger charge is -2.08. The van der Waals surface area contributed by atoms with Gasteiger partial charge in [-0.3, -0.25) is 0 Å². The third-order valence-electron chi connectivity index (χ3n) is 1.48. The first kappa shape index (κ1) is 8.92. The van der Waals surface area contributed by atoms with Crippen molar-refractivity contribution in [3.63, 3.8) is 0 Å². The highest BCUT2D eigenvalue weighted by atomic mass is 16.3. The summed E-state index contributed by atoms with van der Waals surface area (Å²) < 4.78 is 0. The number of rotatable bonds is 4. The molecule has 0 saturated heterocycles. The minimum absolute atomic E-state index is 0.168. The number of hydrogen-bond acceptors (Lipinski definition) is 2. The summed E-state index contributed by atoms with van der Waals surface area (Å²) in [5.41, 5.74) is 5.38. The molecule has 0 rings (SSSR count). The maximum absolute atomic E-state index is 8.86. The molecule has 0 aromatic rings. The Morgan fingerprint density at radius 2 is 1.89 bits per heavy atom. The Balaban J connectivity index is 3.06. The standard InChI is InChI=1S/C7H17NO/c1-6(5-8)3-4-7(2)9/h6-7,9H,3-5,8H2,1-2H3. The molecule has 3 N–H and O–H groups in total. The van der Waals surface area contributed by atoms with Gasteiger partial charge in [0.15, 0.2) is 0 Å². The second-order valence-corrected chi connectivity index (χ2v) is 2.77. The van der Waals surface area contributed by atoms with Crippen molar-refractivity contribution in [2.45, 2.75) is 32.8 Å². The van der Waals surface area contributed by atoms with E-state index < -0.39 is 0 Å². The van der Waals surface area contributed by atoms with Gasteiger partial charge in [0, 0.05) is 0 Å². The first-order valence-electron chi connectivity index (χ1n) is 3.55. The monoisotopic (exact) mass is 131 g/mol. The molecule has 0 aliphatic rings. The summed E-state index contributed by atoms with van der Waals surface area (Å²) in [6.45, 7) is 4.64. The average Bonchev–Trinajstić information content (AvgIpc) is 1.83. The van der Waals surface area contributed by atoms with Gasteiger partial charge in [-0.25, -0.2) is 0 Å². The van der Waals surface area contributed by atoms with E-state index in [4.69, 9.17) is 10.8 Å². The summed E-state index contributed by atoms with van der Waals surface area (Å²) in [5, 5.41) is 8.86. The summed E-state index contributed by atoms with van der Waals surface area (Å²) in [4.78, 5) is 0. The van der Waals surface area contributed by atoms with E-state index in [1.54, 1.807) is 0 Å². The smallest absolute Gasteiger partial charge is 0.0512 e. The molecular formula is C7H17NO. The summed E-state index contributed by atoms with van der Waals surface area (Å²) in [7, 11) is 0. The van der Waals surface area contributed by atoms with Gasteiger partial charge in [-0.2, -0.15) is 0 Å². The summed E-state index contributed by atoms with van der Waals surface area (Å²) in [6, 6.07) is 0. The van der Waals surface area contributed by atoms with Crippen LogP contribution in [0.1, 0.15) is 26.7 Å². The Kier molecular flexibility index (Phi) is 4.72. The lowest BCUT2D eigenvalue weighted by molar-refractivity contribution is 0.175. The van der Waals surface area contributed by atoms with Crippen LogP contribution in [0.15, 0.2) is 0 Å². The molecular weight excluding hydrogens is 114 g/mol. The number of nitrogens with two attached hydrogens (primary N) is 1. The van der Waals surface area contributed by atoms with Gasteiger partial charge in [0.05, 0.1) is 6.10 Å². The Morgan fingerprint density at radius 3 is 2.22 bits per heavy atom. The summed E-state index contributed by atoms with van der Waals surface area (Å²) in [5.74, 6) is 0.555. The number of aliphatic hydroxyl groups excluding tert-OH is 1. The minimum Gasteiger partial charge on any atom is -0.393 e. The summed E-state index contributed by atoms with van der Waals surface area (Å²) in [6.07, 6.45) is 1.74. The molecule has 0 aromatic carbocycles. The fraction of sp³-hybridized carbons (Fsp3) is 1.00. The number of hydrogen-bond donors (Lipinski definition) is 2. The zero-order chi connectivity index (χ0) is 7.28. The van der Waals surface area contributed by atoms with E-state index in [-0.39, 0.29) is 6.10 Å². The Morgan fingerprint density at radius 1 is 1.33 bits per heavy atom. The van der Waals surface area contributed by atoms with Gasteiger partial charge in [-0.05, 0) is 32.2 Å². The van der Waals surface area contributed by atoms with Crippen LogP contribution in [0.2, 0.25) is 0 Å². The van der Waals surface area contributed by atoms with Gasteiger partial charge in [0.1, 0.15) is 0 Å². The van der Waals surface area contributed by atoms with Crippen LogP contribution in [0.3, 0.4) is 0 Å². The molecule has 9 heavy (non-hydrogen) atoms. The molecule has 56 valence electrons. The Labute approximate surface area is 57.1 Å². The highest BCUT2D eigenvalue weighted by Gasteiger charge is 2.00. The van der Waals surface area contributed by atoms with Crippen LogP contribution in [0.4, 0.5) is 0 Å². The summed E-state index contributed by atoms with van der Waals surface area (Å²) >= 11 is 0. The van der Waals surface area contributed by atoms with Crippen LogP contribution < -0.4 is 5.73 Å². The van der Waals surface area contributed by atoms with Crippen LogP contribution in [-0.2, 0) is 0 Å². The molecule has 0 aromatic heterocycles. The van der Waals surface area contributed by atoms with Gasteiger partial charge in [-0.1, -0.05) is 6.92 Å². The van der Waals surface area contributed by atoms with Crippen LogP contribution in [0.5, 0.6) is 0 Å². The largest absolute Gasteiger partial charge is 0.393 e. The normalized spacial score (nSPS) is 17.3. The van der Waals surface area contributed by atoms with Gasteiger partial charge >= 0.3 is 0 Å². The van der Waals surface area contributed by atoms with Crippen molar-refractivity contribution < 1.29 is 5.11 Å². The van der Waals surface area contributed by atoms with Gasteiger partial charge in [0.25, 0.3) is 0 Å². The van der Waals surface area contributed by atoms with Crippen LogP contribution in [0.25, 0.3) is 0 Å². The van der Waals surface area contributed by atoms with Crippen molar-refractivity contribution >= 4 is 0 Å². The van der Waals surface area contributed by atoms with Crippen molar-refractivity contribution in [2.24, 2.45) is 11.7 Å². The molecule has 0 bridgehead atoms. The highest BCUT2D eigenvalue weighted by Crippen LogP contribution is 2.05. The Bertz CT molecular complexity index is 63.9. The topological polar surface area (TPSA) is 46.2 Å². The van der Waals surface area contributed by atoms with E-state index >= 15 is 0 Å². The molecule has 0 spiro atoms. The van der Waals surface area contributed by atoms with Crippen LogP contribution >= 0.6 is 0 Å². The zero-order valence-electron chi connectivity index (χ0n) is 6.30. The fourth-order valence-corrected chi connectivity index (χ4v) is 0.644. The second kappa shape index (κ2) is 4.77. The molecule has 2 atom stereocenters. The maximum Gasteiger partial charge on any atom is 0.0512 e. The van der Waals surface area contributed by atoms with E-state index in [0.717, 1.165) is 19.4 Å². The molecule has 2 unspecified atom stereocenters. The first-order chi connectivity index (χ1) is 4.16. The lowest BCUT2D eigenvalue weighted by Crippen LogP contribution is -2.12. The van der Waals surface area contributed by atoms with E-state index in [9.17, 15) is 0 Å². The molecule has 2 heteroatoms. The quantitative estimate of drug-likeness (QED) is 0.591. The molecule has 0 saturated carbocycles. The van der Waals surface area contributed by atoms with E-state index in [1.807, 2.05) is 6.92 Å². The first-order valence-corrected chi connectivity index (χ1v) is 3.55. The van der Waals surface area contributed by atoms with Gasteiger partial charge < -0.3 is 10.8 Å². The van der Waals surface area contributed by atoms with Crippen molar-refractivity contribution in [3.8, 4) is 0 Å². The molecule has 0 amide bonds. The van der Waals surface area contributed by atoms with Crippen molar-refractivity contribution in [1.82, 2.24) is 0 Å². The van der Waals surface area contributed by atoms with Crippen LogP contribution in [0, 0.1) is 5.92 Å². The maximum atomic E-state index is 8.86. The number of aliphatic hydroxyl groups is 1. The predicted octanol–water partition coefficient (Wildman–Crippen LogP) is 0.742. The van der Waals surface area contributed by atoms with E-state index in [1.165, 1.54) is 0 Å². The molecule has 2 nitrogen and oxygen atoms in total. The Hall–Kier alpha value is -0.0800. The molecule has 0 aliphatic carbocycles.